The van der Waals surface area contributed by atoms with Gasteiger partial charge in [0.1, 0.15) is 18.4 Å². The van der Waals surface area contributed by atoms with Crippen molar-refractivity contribution in [2.75, 3.05) is 13.7 Å². The fraction of sp³-hybridized carbons (Fsp3) is 0.385. The van der Waals surface area contributed by atoms with Crippen LogP contribution in [0.2, 0.25) is 0 Å². The molecular formula is C13H15N5O4. The van der Waals surface area contributed by atoms with Crippen LogP contribution in [0.1, 0.15) is 5.56 Å². The molecule has 9 heteroatoms. The minimum absolute atomic E-state index is 0.0746. The van der Waals surface area contributed by atoms with Crippen molar-refractivity contribution in [2.45, 2.75) is 18.7 Å². The van der Waals surface area contributed by atoms with Gasteiger partial charge in [0.25, 0.3) is 0 Å². The van der Waals surface area contributed by atoms with E-state index in [0.29, 0.717) is 5.75 Å². The number of carbonyl (C=O) groups excluding carboxylic acids is 2. The summed E-state index contributed by atoms with van der Waals surface area (Å²) in [5.41, 5.74) is 9.03. The Morgan fingerprint density at radius 1 is 1.45 bits per heavy atom. The normalized spacial score (nSPS) is 19.2. The predicted molar refractivity (Wildman–Crippen MR) is 76.0 cm³/mol. The number of β-lactam (4-membered cyclic amide) rings is 1. The number of benzene rings is 1. The first kappa shape index (κ1) is 15.5. The van der Waals surface area contributed by atoms with Gasteiger partial charge in [0.2, 0.25) is 5.91 Å². The first-order chi connectivity index (χ1) is 10.6. The SMILES string of the molecule is COc1ccc(COC(=O)N[C@@H]2C(=O)N[C@@H]2CN=[N+]=[N-])cc1. The summed E-state index contributed by atoms with van der Waals surface area (Å²) in [6.07, 6.45) is -0.707. The number of ether oxygens (including phenoxy) is 2. The van der Waals surface area contributed by atoms with Gasteiger partial charge in [-0.05, 0) is 23.2 Å². The van der Waals surface area contributed by atoms with E-state index >= 15 is 0 Å². The summed E-state index contributed by atoms with van der Waals surface area (Å²) in [4.78, 5) is 25.6. The maximum absolute atomic E-state index is 11.7. The van der Waals surface area contributed by atoms with Gasteiger partial charge in [-0.2, -0.15) is 0 Å². The highest BCUT2D eigenvalue weighted by molar-refractivity contribution is 5.92. The Kier molecular flexibility index (Phi) is 5.05. The van der Waals surface area contributed by atoms with Crippen molar-refractivity contribution in [2.24, 2.45) is 5.11 Å². The van der Waals surface area contributed by atoms with Gasteiger partial charge in [0, 0.05) is 11.5 Å². The number of rotatable bonds is 6. The van der Waals surface area contributed by atoms with Crippen LogP contribution >= 0.6 is 0 Å². The third kappa shape index (κ3) is 3.80. The van der Waals surface area contributed by atoms with Crippen molar-refractivity contribution in [3.05, 3.63) is 40.3 Å². The van der Waals surface area contributed by atoms with Crippen molar-refractivity contribution in [1.29, 1.82) is 0 Å². The minimum atomic E-state index is -0.742. The highest BCUT2D eigenvalue weighted by atomic mass is 16.5. The first-order valence-corrected chi connectivity index (χ1v) is 6.51. The molecule has 1 aromatic rings. The molecule has 0 aromatic heterocycles. The van der Waals surface area contributed by atoms with Gasteiger partial charge in [0.05, 0.1) is 13.2 Å². The lowest BCUT2D eigenvalue weighted by Crippen LogP contribution is -2.70. The van der Waals surface area contributed by atoms with Crippen LogP contribution in [0, 0.1) is 0 Å². The summed E-state index contributed by atoms with van der Waals surface area (Å²) < 4.78 is 10.1. The van der Waals surface area contributed by atoms with Gasteiger partial charge in [-0.25, -0.2) is 4.79 Å². The Morgan fingerprint density at radius 3 is 2.77 bits per heavy atom. The van der Waals surface area contributed by atoms with Crippen LogP contribution in [-0.2, 0) is 16.1 Å². The second-order valence-corrected chi connectivity index (χ2v) is 4.57. The Morgan fingerprint density at radius 2 is 2.18 bits per heavy atom. The lowest BCUT2D eigenvalue weighted by atomic mass is 9.99. The van der Waals surface area contributed by atoms with E-state index in [2.05, 4.69) is 20.7 Å². The Bertz CT molecular complexity index is 597. The summed E-state index contributed by atoms with van der Waals surface area (Å²) in [6.45, 7) is 0.150. The van der Waals surface area contributed by atoms with Gasteiger partial charge in [-0.1, -0.05) is 17.2 Å². The molecule has 0 radical (unpaired) electrons. The number of nitrogens with zero attached hydrogens (tertiary/aromatic N) is 3. The van der Waals surface area contributed by atoms with Crippen LogP contribution in [0.4, 0.5) is 4.79 Å². The number of hydrogen-bond acceptors (Lipinski definition) is 5. The summed E-state index contributed by atoms with van der Waals surface area (Å²) in [5, 5.41) is 8.33. The number of azide groups is 1. The average molecular weight is 305 g/mol. The largest absolute Gasteiger partial charge is 0.497 e. The Labute approximate surface area is 126 Å². The number of nitrogens with one attached hydrogen (secondary N) is 2. The zero-order valence-electron chi connectivity index (χ0n) is 11.9. The Hall–Kier alpha value is -2.93. The molecule has 0 saturated carbocycles. The van der Waals surface area contributed by atoms with Gasteiger partial charge in [-0.3, -0.25) is 4.79 Å². The number of amides is 2. The monoisotopic (exact) mass is 305 g/mol. The predicted octanol–water partition coefficient (Wildman–Crippen LogP) is 1.10. The van der Waals surface area contributed by atoms with Gasteiger partial charge < -0.3 is 20.1 Å². The van der Waals surface area contributed by atoms with Gasteiger partial charge in [0.15, 0.2) is 0 Å². The number of methoxy groups -OCH3 is 1. The van der Waals surface area contributed by atoms with Crippen molar-refractivity contribution in [3.63, 3.8) is 0 Å². The highest BCUT2D eigenvalue weighted by Gasteiger charge is 2.40. The van der Waals surface area contributed by atoms with E-state index in [9.17, 15) is 9.59 Å². The fourth-order valence-electron chi connectivity index (χ4n) is 1.92. The minimum Gasteiger partial charge on any atom is -0.497 e. The molecule has 9 nitrogen and oxygen atoms in total. The molecule has 1 aromatic carbocycles. The molecule has 2 amide bonds. The Balaban J connectivity index is 1.79. The average Bonchev–Trinajstić information content (AvgIpc) is 2.55. The zero-order chi connectivity index (χ0) is 15.9. The van der Waals surface area contributed by atoms with Crippen LogP contribution in [-0.4, -0.2) is 37.7 Å². The van der Waals surface area contributed by atoms with E-state index in [1.165, 1.54) is 0 Å². The standard InChI is InChI=1S/C13H15N5O4/c1-21-9-4-2-8(3-5-9)7-22-13(20)17-11-10(6-15-18-14)16-12(11)19/h2-5,10-11H,6-7H2,1H3,(H,16,19)(H,17,20)/t10-,11+/m1/s1. The van der Waals surface area contributed by atoms with E-state index in [1.54, 1.807) is 31.4 Å². The van der Waals surface area contributed by atoms with Crippen LogP contribution in [0.15, 0.2) is 29.4 Å². The lowest BCUT2D eigenvalue weighted by Gasteiger charge is -2.35. The molecule has 1 aliphatic rings. The smallest absolute Gasteiger partial charge is 0.408 e. The molecule has 0 unspecified atom stereocenters. The van der Waals surface area contributed by atoms with E-state index in [-0.39, 0.29) is 19.1 Å². The van der Waals surface area contributed by atoms with Gasteiger partial charge >= 0.3 is 6.09 Å². The molecule has 1 saturated heterocycles. The first-order valence-electron chi connectivity index (χ1n) is 6.51. The van der Waals surface area contributed by atoms with E-state index in [4.69, 9.17) is 15.0 Å². The van der Waals surface area contributed by atoms with Crippen LogP contribution in [0.3, 0.4) is 0 Å². The number of alkyl carbamates (subject to hydrolysis) is 1. The van der Waals surface area contributed by atoms with Crippen molar-refractivity contribution < 1.29 is 19.1 Å². The molecule has 0 aliphatic carbocycles. The number of hydrogen-bond donors (Lipinski definition) is 2. The molecule has 2 N–H and O–H groups in total. The van der Waals surface area contributed by atoms with E-state index in [1.807, 2.05) is 0 Å². The third-order valence-corrected chi connectivity index (χ3v) is 3.16. The molecule has 1 fully saturated rings. The van der Waals surface area contributed by atoms with Crippen molar-refractivity contribution >= 4 is 12.0 Å². The molecular weight excluding hydrogens is 290 g/mol. The van der Waals surface area contributed by atoms with E-state index < -0.39 is 18.2 Å². The molecule has 22 heavy (non-hydrogen) atoms. The molecule has 2 atom stereocenters. The second kappa shape index (κ2) is 7.19. The fourth-order valence-corrected chi connectivity index (χ4v) is 1.92. The van der Waals surface area contributed by atoms with E-state index in [0.717, 1.165) is 5.56 Å². The molecule has 116 valence electrons. The lowest BCUT2D eigenvalue weighted by molar-refractivity contribution is -0.131. The molecule has 1 heterocycles. The van der Waals surface area contributed by atoms with Crippen LogP contribution in [0.25, 0.3) is 10.4 Å². The van der Waals surface area contributed by atoms with Crippen molar-refractivity contribution in [3.8, 4) is 5.75 Å². The quantitative estimate of drug-likeness (QED) is 0.353. The highest BCUT2D eigenvalue weighted by Crippen LogP contribution is 2.12. The van der Waals surface area contributed by atoms with Crippen LogP contribution in [0.5, 0.6) is 5.75 Å². The second-order valence-electron chi connectivity index (χ2n) is 4.57. The summed E-state index contributed by atoms with van der Waals surface area (Å²) in [7, 11) is 1.56. The maximum atomic E-state index is 11.7. The third-order valence-electron chi connectivity index (χ3n) is 3.16. The summed E-state index contributed by atoms with van der Waals surface area (Å²) in [5.74, 6) is 0.375. The summed E-state index contributed by atoms with van der Waals surface area (Å²) >= 11 is 0. The topological polar surface area (TPSA) is 125 Å². The van der Waals surface area contributed by atoms with Crippen molar-refractivity contribution in [1.82, 2.24) is 10.6 Å². The van der Waals surface area contributed by atoms with Crippen LogP contribution < -0.4 is 15.4 Å². The molecule has 2 rings (SSSR count). The maximum Gasteiger partial charge on any atom is 0.408 e. The van der Waals surface area contributed by atoms with Gasteiger partial charge in [-0.15, -0.1) is 0 Å². The molecule has 0 spiro atoms. The number of carbonyl (C=O) groups is 2. The summed E-state index contributed by atoms with van der Waals surface area (Å²) in [6, 6.07) is 5.91. The molecule has 0 bridgehead atoms. The zero-order valence-corrected chi connectivity index (χ0v) is 11.9. The molecule has 1 aliphatic heterocycles.